The molecule has 2 aromatic heterocycles. The Bertz CT molecular complexity index is 1630. The molecule has 3 heterocycles. The summed E-state index contributed by atoms with van der Waals surface area (Å²) < 4.78 is 2.34. The highest BCUT2D eigenvalue weighted by Gasteiger charge is 2.18. The Morgan fingerprint density at radius 1 is 0.872 bits per heavy atom. The van der Waals surface area contributed by atoms with E-state index >= 15 is 0 Å². The maximum absolute atomic E-state index is 12.9. The van der Waals surface area contributed by atoms with Gasteiger partial charge in [0.15, 0.2) is 0 Å². The molecule has 3 aromatic carbocycles. The molecule has 5 aromatic rings. The summed E-state index contributed by atoms with van der Waals surface area (Å²) in [6, 6.07) is 22.8. The van der Waals surface area contributed by atoms with Gasteiger partial charge in [-0.05, 0) is 81.7 Å². The van der Waals surface area contributed by atoms with Crippen molar-refractivity contribution >= 4 is 27.8 Å². The molecule has 0 aliphatic carbocycles. The maximum Gasteiger partial charge on any atom is 0.270 e. The zero-order chi connectivity index (χ0) is 26.8. The van der Waals surface area contributed by atoms with Gasteiger partial charge in [0, 0.05) is 43.9 Å². The van der Waals surface area contributed by atoms with Crippen LogP contribution < -0.4 is 10.5 Å². The van der Waals surface area contributed by atoms with Crippen molar-refractivity contribution in [1.29, 1.82) is 0 Å². The van der Waals surface area contributed by atoms with Gasteiger partial charge in [-0.3, -0.25) is 4.79 Å². The quantitative estimate of drug-likeness (QED) is 0.279. The number of hydrogen-bond donors (Lipinski definition) is 1. The predicted octanol–water partition coefficient (Wildman–Crippen LogP) is 5.47. The van der Waals surface area contributed by atoms with Crippen molar-refractivity contribution < 1.29 is 0 Å². The minimum absolute atomic E-state index is 0.147. The topological polar surface area (TPSA) is 70.0 Å². The van der Waals surface area contributed by atoms with Crippen LogP contribution in [0.3, 0.4) is 0 Å². The number of H-pyrrole nitrogens is 1. The third-order valence-electron chi connectivity index (χ3n) is 7.94. The van der Waals surface area contributed by atoms with Crippen LogP contribution in [-0.2, 0) is 13.0 Å². The number of nitrogens with zero attached hydrogens (tertiary/aromatic N) is 5. The number of fused-ring (bicyclic) bond motifs is 2. The largest absolute Gasteiger partial charge is 0.372 e. The van der Waals surface area contributed by atoms with Gasteiger partial charge in [-0.1, -0.05) is 30.3 Å². The van der Waals surface area contributed by atoms with E-state index in [9.17, 15) is 4.79 Å². The Morgan fingerprint density at radius 2 is 1.62 bits per heavy atom. The molecule has 39 heavy (non-hydrogen) atoms. The predicted molar refractivity (Wildman–Crippen MR) is 160 cm³/mol. The normalized spacial score (nSPS) is 14.0. The van der Waals surface area contributed by atoms with Crippen molar-refractivity contribution in [2.24, 2.45) is 0 Å². The molecule has 0 spiro atoms. The smallest absolute Gasteiger partial charge is 0.270 e. The molecule has 200 valence electrons. The van der Waals surface area contributed by atoms with Crippen molar-refractivity contribution in [2.75, 3.05) is 37.6 Å². The first-order chi connectivity index (χ1) is 19.1. The second-order valence-corrected chi connectivity index (χ2v) is 10.4. The summed E-state index contributed by atoms with van der Waals surface area (Å²) in [5, 5.41) is 0. The van der Waals surface area contributed by atoms with Gasteiger partial charge < -0.3 is 19.4 Å². The monoisotopic (exact) mass is 520 g/mol. The lowest BCUT2D eigenvalue weighted by molar-refractivity contribution is 0.325. The second-order valence-electron chi connectivity index (χ2n) is 10.4. The number of likely N-dealkylation sites (tertiary alicyclic amines) is 1. The molecule has 0 unspecified atom stereocenters. The van der Waals surface area contributed by atoms with Gasteiger partial charge in [-0.15, -0.1) is 0 Å². The SMILES string of the molecule is CCN(CC)c1ccc(-c2nc3cc4[nH]c(=O)c(Cc5ccccc5)nc4cc3n2CCN2CCCC2)cc1. The molecule has 1 saturated heterocycles. The number of hydrogen-bond acceptors (Lipinski definition) is 5. The van der Waals surface area contributed by atoms with Gasteiger partial charge in [0.2, 0.25) is 0 Å². The van der Waals surface area contributed by atoms with E-state index in [1.807, 2.05) is 36.4 Å². The van der Waals surface area contributed by atoms with Gasteiger partial charge >= 0.3 is 0 Å². The molecule has 1 N–H and O–H groups in total. The lowest BCUT2D eigenvalue weighted by Crippen LogP contribution is -2.24. The fourth-order valence-electron chi connectivity index (χ4n) is 5.76. The lowest BCUT2D eigenvalue weighted by atomic mass is 10.1. The highest BCUT2D eigenvalue weighted by Crippen LogP contribution is 2.29. The van der Waals surface area contributed by atoms with Gasteiger partial charge in [0.25, 0.3) is 5.56 Å². The number of nitrogens with one attached hydrogen (secondary N) is 1. The maximum atomic E-state index is 12.9. The Morgan fingerprint density at radius 3 is 2.33 bits per heavy atom. The highest BCUT2D eigenvalue weighted by molar-refractivity contribution is 5.93. The van der Waals surface area contributed by atoms with Crippen LogP contribution >= 0.6 is 0 Å². The summed E-state index contributed by atoms with van der Waals surface area (Å²) >= 11 is 0. The average Bonchev–Trinajstić information content (AvgIpc) is 3.60. The van der Waals surface area contributed by atoms with Crippen LogP contribution in [0.5, 0.6) is 0 Å². The third kappa shape index (κ3) is 5.19. The molecule has 0 bridgehead atoms. The molecule has 0 saturated carbocycles. The molecule has 7 nitrogen and oxygen atoms in total. The van der Waals surface area contributed by atoms with Gasteiger partial charge in [0.05, 0.1) is 22.1 Å². The van der Waals surface area contributed by atoms with Crippen molar-refractivity contribution in [2.45, 2.75) is 39.7 Å². The third-order valence-corrected chi connectivity index (χ3v) is 7.94. The molecule has 1 aliphatic heterocycles. The first-order valence-corrected chi connectivity index (χ1v) is 14.2. The summed E-state index contributed by atoms with van der Waals surface area (Å²) in [4.78, 5) is 30.8. The summed E-state index contributed by atoms with van der Waals surface area (Å²) in [5.41, 5.74) is 7.21. The molecule has 0 radical (unpaired) electrons. The van der Waals surface area contributed by atoms with Crippen LogP contribution in [-0.4, -0.2) is 57.1 Å². The van der Waals surface area contributed by atoms with Gasteiger partial charge in [-0.25, -0.2) is 9.97 Å². The molecular weight excluding hydrogens is 484 g/mol. The lowest BCUT2D eigenvalue weighted by Gasteiger charge is -2.21. The average molecular weight is 521 g/mol. The van der Waals surface area contributed by atoms with E-state index < -0.39 is 0 Å². The van der Waals surface area contributed by atoms with Crippen LogP contribution in [0, 0.1) is 0 Å². The van der Waals surface area contributed by atoms with Crippen molar-refractivity contribution in [3.05, 3.63) is 88.3 Å². The number of anilines is 1. The Labute approximate surface area is 229 Å². The summed E-state index contributed by atoms with van der Waals surface area (Å²) in [5.74, 6) is 0.956. The minimum atomic E-state index is -0.147. The fraction of sp³-hybridized carbons (Fsp3) is 0.344. The minimum Gasteiger partial charge on any atom is -0.372 e. The summed E-state index contributed by atoms with van der Waals surface area (Å²) in [6.07, 6.45) is 3.05. The molecular formula is C32H36N6O. The molecule has 7 heteroatoms. The van der Waals surface area contributed by atoms with E-state index in [4.69, 9.17) is 9.97 Å². The van der Waals surface area contributed by atoms with Crippen LogP contribution in [0.25, 0.3) is 33.5 Å². The van der Waals surface area contributed by atoms with Gasteiger partial charge in [0.1, 0.15) is 11.5 Å². The van der Waals surface area contributed by atoms with Gasteiger partial charge in [-0.2, -0.15) is 0 Å². The van der Waals surface area contributed by atoms with E-state index in [1.165, 1.54) is 18.5 Å². The van der Waals surface area contributed by atoms with E-state index in [0.29, 0.717) is 12.1 Å². The van der Waals surface area contributed by atoms with Crippen LogP contribution in [0.2, 0.25) is 0 Å². The van der Waals surface area contributed by atoms with Crippen LogP contribution in [0.4, 0.5) is 5.69 Å². The Kier molecular flexibility index (Phi) is 7.16. The van der Waals surface area contributed by atoms with E-state index in [-0.39, 0.29) is 5.56 Å². The molecule has 0 amide bonds. The highest BCUT2D eigenvalue weighted by atomic mass is 16.1. The molecule has 1 fully saturated rings. The Balaban J connectivity index is 1.43. The standard InChI is InChI=1S/C32H36N6O/c1-3-37(4-2)25-14-12-24(13-15-25)31-34-28-21-26-27(22-30(28)38(31)19-18-36-16-8-9-17-36)33-29(32(39)35-26)20-23-10-6-5-7-11-23/h5-7,10-15,21-22H,3-4,8-9,16-20H2,1-2H3,(H,35,39). The molecule has 1 aliphatic rings. The van der Waals surface area contributed by atoms with E-state index in [0.717, 1.165) is 78.3 Å². The zero-order valence-electron chi connectivity index (χ0n) is 22.9. The zero-order valence-corrected chi connectivity index (χ0v) is 22.9. The van der Waals surface area contributed by atoms with E-state index in [1.54, 1.807) is 0 Å². The van der Waals surface area contributed by atoms with Crippen molar-refractivity contribution in [3.63, 3.8) is 0 Å². The first-order valence-electron chi connectivity index (χ1n) is 14.2. The number of imidazole rings is 1. The molecule has 0 atom stereocenters. The van der Waals surface area contributed by atoms with E-state index in [2.05, 4.69) is 63.5 Å². The van der Waals surface area contributed by atoms with Crippen molar-refractivity contribution in [3.8, 4) is 11.4 Å². The first kappa shape index (κ1) is 25.3. The second kappa shape index (κ2) is 11.0. The summed E-state index contributed by atoms with van der Waals surface area (Å²) in [7, 11) is 0. The van der Waals surface area contributed by atoms with Crippen molar-refractivity contribution in [1.82, 2.24) is 24.4 Å². The number of aromatic nitrogens is 4. The number of rotatable bonds is 9. The molecule has 6 rings (SSSR count). The van der Waals surface area contributed by atoms with Crippen LogP contribution in [0.15, 0.2) is 71.5 Å². The van der Waals surface area contributed by atoms with Crippen LogP contribution in [0.1, 0.15) is 37.9 Å². The fourth-order valence-corrected chi connectivity index (χ4v) is 5.76. The Hall–Kier alpha value is -3.97. The number of aromatic amines is 1. The number of benzene rings is 3. The summed E-state index contributed by atoms with van der Waals surface area (Å²) in [6.45, 7) is 10.5.